The Bertz CT molecular complexity index is 839. The zero-order valence-corrected chi connectivity index (χ0v) is 17.1. The van der Waals surface area contributed by atoms with Crippen LogP contribution in [0.25, 0.3) is 0 Å². The average molecular weight is 397 g/mol. The fourth-order valence-electron chi connectivity index (χ4n) is 3.90. The Hall–Kier alpha value is -2.55. The van der Waals surface area contributed by atoms with Crippen molar-refractivity contribution in [3.05, 3.63) is 59.9 Å². The van der Waals surface area contributed by atoms with Crippen molar-refractivity contribution in [1.82, 2.24) is 4.90 Å². The predicted molar refractivity (Wildman–Crippen MR) is 115 cm³/mol. The third kappa shape index (κ3) is 5.50. The van der Waals surface area contributed by atoms with Gasteiger partial charge in [0, 0.05) is 38.2 Å². The van der Waals surface area contributed by atoms with Crippen molar-refractivity contribution in [1.29, 1.82) is 0 Å². The lowest BCUT2D eigenvalue weighted by molar-refractivity contribution is 0.175. The Kier molecular flexibility index (Phi) is 7.51. The van der Waals surface area contributed by atoms with E-state index in [1.165, 1.54) is 12.1 Å². The topological polar surface area (TPSA) is 35.9 Å². The summed E-state index contributed by atoms with van der Waals surface area (Å²) in [6, 6.07) is 14.8. The largest absolute Gasteiger partial charge is 0.494 e. The first kappa shape index (κ1) is 21.2. The van der Waals surface area contributed by atoms with Crippen LogP contribution in [0.2, 0.25) is 0 Å². The number of benzene rings is 2. The molecule has 0 radical (unpaired) electrons. The van der Waals surface area contributed by atoms with Gasteiger partial charge in [-0.05, 0) is 37.6 Å². The second-order valence-corrected chi connectivity index (χ2v) is 7.29. The zero-order chi connectivity index (χ0) is 20.6. The molecule has 1 fully saturated rings. The number of halogens is 1. The van der Waals surface area contributed by atoms with Crippen LogP contribution in [-0.2, 0) is 0 Å². The van der Waals surface area contributed by atoms with Crippen LogP contribution in [0.15, 0.2) is 48.5 Å². The van der Waals surface area contributed by atoms with Crippen molar-refractivity contribution in [3.8, 4) is 17.6 Å². The number of aliphatic hydroxyl groups excluding tert-OH is 1. The van der Waals surface area contributed by atoms with Crippen molar-refractivity contribution in [3.63, 3.8) is 0 Å². The van der Waals surface area contributed by atoms with E-state index < -0.39 is 6.10 Å². The van der Waals surface area contributed by atoms with Crippen molar-refractivity contribution in [2.24, 2.45) is 0 Å². The number of aliphatic hydroxyl groups is 1. The number of rotatable bonds is 7. The quantitative estimate of drug-likeness (QED) is 0.727. The summed E-state index contributed by atoms with van der Waals surface area (Å²) >= 11 is 0. The molecule has 0 bridgehead atoms. The first-order valence-corrected chi connectivity index (χ1v) is 10.1. The molecule has 1 aliphatic rings. The number of anilines is 1. The van der Waals surface area contributed by atoms with Gasteiger partial charge in [-0.25, -0.2) is 4.39 Å². The van der Waals surface area contributed by atoms with E-state index in [0.29, 0.717) is 5.75 Å². The van der Waals surface area contributed by atoms with Gasteiger partial charge in [0.1, 0.15) is 17.7 Å². The Morgan fingerprint density at radius 1 is 1.10 bits per heavy atom. The van der Waals surface area contributed by atoms with Gasteiger partial charge in [0.25, 0.3) is 0 Å². The molecule has 3 rings (SSSR count). The van der Waals surface area contributed by atoms with E-state index in [1.54, 1.807) is 20.1 Å². The molecule has 1 aliphatic heterocycles. The molecule has 5 heteroatoms. The maximum absolute atomic E-state index is 13.5. The first-order valence-electron chi connectivity index (χ1n) is 10.1. The van der Waals surface area contributed by atoms with Crippen molar-refractivity contribution < 1.29 is 14.2 Å². The van der Waals surface area contributed by atoms with Gasteiger partial charge < -0.3 is 14.7 Å². The maximum atomic E-state index is 13.5. The Labute approximate surface area is 172 Å². The summed E-state index contributed by atoms with van der Waals surface area (Å²) in [5.74, 6) is 6.03. The molecule has 4 nitrogen and oxygen atoms in total. The highest BCUT2D eigenvalue weighted by atomic mass is 19.1. The monoisotopic (exact) mass is 396 g/mol. The third-order valence-electron chi connectivity index (χ3n) is 5.51. The summed E-state index contributed by atoms with van der Waals surface area (Å²) in [4.78, 5) is 4.65. The van der Waals surface area contributed by atoms with Crippen LogP contribution in [0, 0.1) is 17.7 Å². The number of ether oxygens (including phenoxy) is 1. The minimum Gasteiger partial charge on any atom is -0.494 e. The fraction of sp³-hybridized carbons (Fsp3) is 0.417. The number of nitrogens with zero attached hydrogens (tertiary/aromatic N) is 2. The summed E-state index contributed by atoms with van der Waals surface area (Å²) in [7, 11) is 1.57. The van der Waals surface area contributed by atoms with Gasteiger partial charge in [0.05, 0.1) is 12.8 Å². The van der Waals surface area contributed by atoms with Crippen LogP contribution in [-0.4, -0.2) is 55.9 Å². The Balaban J connectivity index is 1.59. The van der Waals surface area contributed by atoms with Crippen LogP contribution < -0.4 is 9.64 Å². The normalized spacial score (nSPS) is 16.6. The molecule has 1 saturated heterocycles. The van der Waals surface area contributed by atoms with Gasteiger partial charge in [0.15, 0.2) is 0 Å². The average Bonchev–Trinajstić information content (AvgIpc) is 2.75. The van der Waals surface area contributed by atoms with Crippen molar-refractivity contribution >= 4 is 5.69 Å². The summed E-state index contributed by atoms with van der Waals surface area (Å²) < 4.78 is 18.8. The molecule has 2 atom stereocenters. The summed E-state index contributed by atoms with van der Waals surface area (Å²) in [6.45, 7) is 6.20. The molecule has 1 heterocycles. The standard InChI is InChI=1S/C24H29FN2O2/c1-3-7-23(28)21(19-8-5-4-6-9-19)12-13-26-14-16-27(17-15-26)22-11-10-20(25)18-24(22)29-2/h4-6,8-11,18,21,23,28H,12-17H2,1-2H3. The highest BCUT2D eigenvalue weighted by molar-refractivity contribution is 5.59. The molecule has 0 aliphatic carbocycles. The summed E-state index contributed by atoms with van der Waals surface area (Å²) in [5, 5.41) is 10.5. The SMILES string of the molecule is CC#CC(O)C(CCN1CCN(c2ccc(F)cc2OC)CC1)c1ccccc1. The van der Waals surface area contributed by atoms with Crippen LogP contribution in [0.1, 0.15) is 24.8 Å². The molecule has 0 amide bonds. The Morgan fingerprint density at radius 3 is 2.48 bits per heavy atom. The van der Waals surface area contributed by atoms with Crippen LogP contribution >= 0.6 is 0 Å². The fourth-order valence-corrected chi connectivity index (χ4v) is 3.90. The van der Waals surface area contributed by atoms with Crippen LogP contribution in [0.5, 0.6) is 5.75 Å². The molecule has 2 unspecified atom stereocenters. The lowest BCUT2D eigenvalue weighted by atomic mass is 9.90. The second kappa shape index (κ2) is 10.3. The van der Waals surface area contributed by atoms with E-state index in [9.17, 15) is 9.50 Å². The molecule has 154 valence electrons. The summed E-state index contributed by atoms with van der Waals surface area (Å²) in [5.41, 5.74) is 2.06. The van der Waals surface area contributed by atoms with Crippen molar-refractivity contribution in [2.75, 3.05) is 44.7 Å². The molecule has 29 heavy (non-hydrogen) atoms. The Morgan fingerprint density at radius 2 is 1.83 bits per heavy atom. The smallest absolute Gasteiger partial charge is 0.145 e. The minimum absolute atomic E-state index is 0.00104. The first-order chi connectivity index (χ1) is 14.1. The maximum Gasteiger partial charge on any atom is 0.145 e. The number of hydrogen-bond donors (Lipinski definition) is 1. The second-order valence-electron chi connectivity index (χ2n) is 7.29. The molecule has 2 aromatic carbocycles. The molecule has 0 spiro atoms. The van der Waals surface area contributed by atoms with E-state index in [-0.39, 0.29) is 11.7 Å². The van der Waals surface area contributed by atoms with Gasteiger partial charge >= 0.3 is 0 Å². The highest BCUT2D eigenvalue weighted by Crippen LogP contribution is 2.30. The minimum atomic E-state index is -0.660. The molecular weight excluding hydrogens is 367 g/mol. The van der Waals surface area contributed by atoms with E-state index in [0.717, 1.165) is 50.4 Å². The van der Waals surface area contributed by atoms with Crippen LogP contribution in [0.4, 0.5) is 10.1 Å². The summed E-state index contributed by atoms with van der Waals surface area (Å²) in [6.07, 6.45) is 0.187. The number of methoxy groups -OCH3 is 1. The van der Waals surface area contributed by atoms with Crippen LogP contribution in [0.3, 0.4) is 0 Å². The molecule has 0 aromatic heterocycles. The molecule has 0 saturated carbocycles. The number of hydrogen-bond acceptors (Lipinski definition) is 4. The lowest BCUT2D eigenvalue weighted by Gasteiger charge is -2.37. The van der Waals surface area contributed by atoms with Gasteiger partial charge in [-0.2, -0.15) is 0 Å². The van der Waals surface area contributed by atoms with Gasteiger partial charge in [0.2, 0.25) is 0 Å². The van der Waals surface area contributed by atoms with Gasteiger partial charge in [-0.15, -0.1) is 5.92 Å². The zero-order valence-electron chi connectivity index (χ0n) is 17.1. The molecule has 2 aromatic rings. The highest BCUT2D eigenvalue weighted by Gasteiger charge is 2.23. The van der Waals surface area contributed by atoms with Gasteiger partial charge in [-0.3, -0.25) is 4.90 Å². The molecule has 1 N–H and O–H groups in total. The lowest BCUT2D eigenvalue weighted by Crippen LogP contribution is -2.47. The van der Waals surface area contributed by atoms with E-state index in [2.05, 4.69) is 33.8 Å². The van der Waals surface area contributed by atoms with E-state index >= 15 is 0 Å². The van der Waals surface area contributed by atoms with Crippen molar-refractivity contribution in [2.45, 2.75) is 25.4 Å². The van der Waals surface area contributed by atoms with E-state index in [1.807, 2.05) is 18.2 Å². The molecular formula is C24H29FN2O2. The van der Waals surface area contributed by atoms with Gasteiger partial charge in [-0.1, -0.05) is 36.3 Å². The predicted octanol–water partition coefficient (Wildman–Crippen LogP) is 3.51. The number of piperazine rings is 1. The van der Waals surface area contributed by atoms with E-state index in [4.69, 9.17) is 4.74 Å². The third-order valence-corrected chi connectivity index (χ3v) is 5.51.